The van der Waals surface area contributed by atoms with Crippen molar-refractivity contribution >= 4 is 27.6 Å². The molecule has 1 heterocycles. The van der Waals surface area contributed by atoms with Gasteiger partial charge in [-0.3, -0.25) is 4.90 Å². The second-order valence-corrected chi connectivity index (χ2v) is 8.82. The molecular formula is C18H28N6O3S. The van der Waals surface area contributed by atoms with Crippen molar-refractivity contribution in [3.05, 3.63) is 24.3 Å². The number of guanidine groups is 2. The molecule has 3 rings (SSSR count). The lowest BCUT2D eigenvalue weighted by atomic mass is 9.87. The predicted octanol–water partition coefficient (Wildman–Crippen LogP) is 1.11. The van der Waals surface area contributed by atoms with E-state index in [2.05, 4.69) is 14.7 Å². The molecule has 1 spiro atoms. The van der Waals surface area contributed by atoms with Crippen LogP contribution in [0.25, 0.3) is 0 Å². The van der Waals surface area contributed by atoms with Crippen LogP contribution >= 0.6 is 0 Å². The average molecular weight is 409 g/mol. The second kappa shape index (κ2) is 8.46. The highest BCUT2D eigenvalue weighted by molar-refractivity contribution is 7.89. The van der Waals surface area contributed by atoms with Crippen molar-refractivity contribution in [1.29, 1.82) is 0 Å². The van der Waals surface area contributed by atoms with Gasteiger partial charge in [-0.25, -0.2) is 18.1 Å². The molecule has 0 atom stereocenters. The van der Waals surface area contributed by atoms with E-state index in [-0.39, 0.29) is 16.8 Å². The molecule has 1 aliphatic heterocycles. The summed E-state index contributed by atoms with van der Waals surface area (Å²) in [6.45, 7) is 0.821. The topological polar surface area (TPSA) is 135 Å². The number of sulfonamides is 1. The molecule has 0 bridgehead atoms. The molecule has 1 saturated carbocycles. The fourth-order valence-corrected chi connectivity index (χ4v) is 4.85. The molecule has 154 valence electrons. The van der Waals surface area contributed by atoms with Crippen LogP contribution in [0.3, 0.4) is 0 Å². The number of nitrogens with two attached hydrogens (primary N) is 2. The van der Waals surface area contributed by atoms with Gasteiger partial charge in [-0.15, -0.1) is 0 Å². The highest BCUT2D eigenvalue weighted by Crippen LogP contribution is 2.39. The van der Waals surface area contributed by atoms with Gasteiger partial charge < -0.3 is 16.2 Å². The molecular weight excluding hydrogens is 380 g/mol. The number of methoxy groups -OCH3 is 1. The van der Waals surface area contributed by atoms with Crippen molar-refractivity contribution in [2.24, 2.45) is 21.5 Å². The van der Waals surface area contributed by atoms with Crippen molar-refractivity contribution in [3.8, 4) is 0 Å². The van der Waals surface area contributed by atoms with Crippen LogP contribution in [0.1, 0.15) is 38.5 Å². The van der Waals surface area contributed by atoms with E-state index in [0.29, 0.717) is 19.6 Å². The maximum absolute atomic E-state index is 12.4. The lowest BCUT2D eigenvalue weighted by molar-refractivity contribution is 0.196. The first-order valence-electron chi connectivity index (χ1n) is 9.46. The minimum Gasteiger partial charge on any atom is -0.385 e. The van der Waals surface area contributed by atoms with Gasteiger partial charge in [0.05, 0.1) is 4.90 Å². The molecule has 1 aromatic rings. The number of nitrogens with zero attached hydrogens (tertiary/aromatic N) is 3. The molecule has 28 heavy (non-hydrogen) atoms. The first-order valence-corrected chi connectivity index (χ1v) is 10.9. The summed E-state index contributed by atoms with van der Waals surface area (Å²) in [5, 5.41) is 0. The molecule has 1 aliphatic carbocycles. The summed E-state index contributed by atoms with van der Waals surface area (Å²) in [6.07, 6.45) is 5.46. The zero-order valence-corrected chi connectivity index (χ0v) is 16.9. The van der Waals surface area contributed by atoms with Gasteiger partial charge in [-0.1, -0.05) is 6.42 Å². The Morgan fingerprint density at radius 1 is 1.18 bits per heavy atom. The summed E-state index contributed by atoms with van der Waals surface area (Å²) < 4.78 is 32.4. The Morgan fingerprint density at radius 2 is 1.86 bits per heavy atom. The molecule has 0 saturated heterocycles. The SMILES string of the molecule is COCCCNS(=O)(=O)c1ccc(N2C(N)=NC(N)=NC23CCCCC3)cc1. The molecule has 5 N–H and O–H groups in total. The van der Waals surface area contributed by atoms with Crippen molar-refractivity contribution in [3.63, 3.8) is 0 Å². The first kappa shape index (κ1) is 20.6. The van der Waals surface area contributed by atoms with Gasteiger partial charge in [-0.2, -0.15) is 4.99 Å². The van der Waals surface area contributed by atoms with E-state index >= 15 is 0 Å². The summed E-state index contributed by atoms with van der Waals surface area (Å²) in [4.78, 5) is 10.8. The third-order valence-electron chi connectivity index (χ3n) is 5.07. The average Bonchev–Trinajstić information content (AvgIpc) is 2.66. The van der Waals surface area contributed by atoms with Gasteiger partial charge in [0.25, 0.3) is 0 Å². The molecule has 10 heteroatoms. The standard InChI is InChI=1S/C18H28N6O3S/c1-27-13-5-12-21-28(25,26)15-8-6-14(7-9-15)24-17(20)22-16(19)23-18(24)10-3-2-4-11-18/h6-9,21H,2-5,10-13H2,1H3,(H4,19,20,22,23). The minimum absolute atomic E-state index is 0.190. The van der Waals surface area contributed by atoms with Crippen LogP contribution in [-0.4, -0.2) is 46.3 Å². The molecule has 1 aromatic carbocycles. The van der Waals surface area contributed by atoms with E-state index in [1.807, 2.05) is 4.90 Å². The third-order valence-corrected chi connectivity index (χ3v) is 6.55. The number of benzene rings is 1. The van der Waals surface area contributed by atoms with Crippen LogP contribution in [0.2, 0.25) is 0 Å². The van der Waals surface area contributed by atoms with Gasteiger partial charge >= 0.3 is 0 Å². The van der Waals surface area contributed by atoms with Crippen LogP contribution in [0.4, 0.5) is 5.69 Å². The van der Waals surface area contributed by atoms with Gasteiger partial charge in [0.15, 0.2) is 0 Å². The Kier molecular flexibility index (Phi) is 6.21. The molecule has 0 radical (unpaired) electrons. The Labute approximate surface area is 165 Å². The number of rotatable bonds is 7. The van der Waals surface area contributed by atoms with E-state index in [1.165, 1.54) is 0 Å². The largest absolute Gasteiger partial charge is 0.385 e. The zero-order chi connectivity index (χ0) is 20.2. The van der Waals surface area contributed by atoms with Gasteiger partial charge in [0, 0.05) is 25.9 Å². The van der Waals surface area contributed by atoms with Crippen LogP contribution < -0.4 is 21.1 Å². The zero-order valence-electron chi connectivity index (χ0n) is 16.1. The van der Waals surface area contributed by atoms with Crippen LogP contribution in [-0.2, 0) is 14.8 Å². The molecule has 9 nitrogen and oxygen atoms in total. The monoisotopic (exact) mass is 408 g/mol. The van der Waals surface area contributed by atoms with Crippen LogP contribution in [0, 0.1) is 0 Å². The quantitative estimate of drug-likeness (QED) is 0.578. The Bertz CT molecular complexity index is 845. The third kappa shape index (κ3) is 4.29. The number of hydrogen-bond acceptors (Lipinski definition) is 8. The number of aliphatic imine (C=N–C) groups is 2. The fourth-order valence-electron chi connectivity index (χ4n) is 3.78. The molecule has 0 aromatic heterocycles. The van der Waals surface area contributed by atoms with Gasteiger partial charge in [0.1, 0.15) is 5.66 Å². The number of nitrogens with one attached hydrogen (secondary N) is 1. The van der Waals surface area contributed by atoms with Crippen LogP contribution in [0.15, 0.2) is 39.1 Å². The Morgan fingerprint density at radius 3 is 2.50 bits per heavy atom. The van der Waals surface area contributed by atoms with Crippen molar-refractivity contribution < 1.29 is 13.2 Å². The second-order valence-electron chi connectivity index (χ2n) is 7.06. The number of hydrogen-bond donors (Lipinski definition) is 3. The summed E-state index contributed by atoms with van der Waals surface area (Å²) in [5.41, 5.74) is 12.3. The molecule has 0 unspecified atom stereocenters. The van der Waals surface area contributed by atoms with E-state index in [4.69, 9.17) is 16.2 Å². The smallest absolute Gasteiger partial charge is 0.240 e. The normalized spacial score (nSPS) is 19.4. The maximum atomic E-state index is 12.4. The molecule has 0 amide bonds. The Hall–Kier alpha value is -2.17. The number of anilines is 1. The summed E-state index contributed by atoms with van der Waals surface area (Å²) in [7, 11) is -1.99. The van der Waals surface area contributed by atoms with Crippen molar-refractivity contribution in [2.45, 2.75) is 49.1 Å². The lowest BCUT2D eigenvalue weighted by Gasteiger charge is -2.45. The molecule has 1 fully saturated rings. The van der Waals surface area contributed by atoms with E-state index in [1.54, 1.807) is 31.4 Å². The Balaban J connectivity index is 1.83. The van der Waals surface area contributed by atoms with E-state index in [0.717, 1.165) is 37.8 Å². The summed E-state index contributed by atoms with van der Waals surface area (Å²) in [6, 6.07) is 6.61. The summed E-state index contributed by atoms with van der Waals surface area (Å²) in [5.74, 6) is 0.470. The predicted molar refractivity (Wildman–Crippen MR) is 110 cm³/mol. The van der Waals surface area contributed by atoms with E-state index < -0.39 is 15.7 Å². The van der Waals surface area contributed by atoms with Gasteiger partial charge in [0.2, 0.25) is 21.9 Å². The molecule has 2 aliphatic rings. The van der Waals surface area contributed by atoms with Crippen molar-refractivity contribution in [2.75, 3.05) is 25.2 Å². The highest BCUT2D eigenvalue weighted by atomic mass is 32.2. The maximum Gasteiger partial charge on any atom is 0.240 e. The van der Waals surface area contributed by atoms with E-state index in [9.17, 15) is 8.42 Å². The lowest BCUT2D eigenvalue weighted by Crippen LogP contribution is -2.58. The number of ether oxygens (including phenoxy) is 1. The van der Waals surface area contributed by atoms with Crippen LogP contribution in [0.5, 0.6) is 0 Å². The minimum atomic E-state index is -3.58. The highest BCUT2D eigenvalue weighted by Gasteiger charge is 2.42. The fraction of sp³-hybridized carbons (Fsp3) is 0.556. The first-order chi connectivity index (χ1) is 13.4. The van der Waals surface area contributed by atoms with Gasteiger partial charge in [-0.05, 0) is 56.4 Å². The summed E-state index contributed by atoms with van der Waals surface area (Å²) >= 11 is 0. The van der Waals surface area contributed by atoms with Crippen molar-refractivity contribution in [1.82, 2.24) is 4.72 Å².